The summed E-state index contributed by atoms with van der Waals surface area (Å²) in [6.07, 6.45) is 1.69. The summed E-state index contributed by atoms with van der Waals surface area (Å²) < 4.78 is 0. The van der Waals surface area contributed by atoms with Gasteiger partial charge >= 0.3 is 0 Å². The average molecular weight is 325 g/mol. The molecule has 0 bridgehead atoms. The van der Waals surface area contributed by atoms with E-state index in [1.165, 1.54) is 0 Å². The van der Waals surface area contributed by atoms with E-state index in [1.807, 2.05) is 66.7 Å². The van der Waals surface area contributed by atoms with Crippen LogP contribution in [0.4, 0.5) is 5.82 Å². The maximum absolute atomic E-state index is 12.6. The number of hydrogen-bond donors (Lipinski definition) is 1. The van der Waals surface area contributed by atoms with Crippen molar-refractivity contribution in [3.05, 3.63) is 90.6 Å². The largest absolute Gasteiger partial charge is 0.306 e. The molecule has 4 rings (SSSR count). The summed E-state index contributed by atoms with van der Waals surface area (Å²) in [7, 11) is 0. The smallest absolute Gasteiger partial charge is 0.256 e. The Bertz CT molecular complexity index is 1030. The summed E-state index contributed by atoms with van der Waals surface area (Å²) in [6.45, 7) is 0. The summed E-state index contributed by atoms with van der Waals surface area (Å²) in [5, 5.41) is 3.86. The molecule has 0 saturated carbocycles. The van der Waals surface area contributed by atoms with Gasteiger partial charge in [-0.3, -0.25) is 4.79 Å². The van der Waals surface area contributed by atoms with E-state index in [9.17, 15) is 4.79 Å². The molecule has 4 aromatic rings. The van der Waals surface area contributed by atoms with Crippen LogP contribution < -0.4 is 5.32 Å². The Morgan fingerprint density at radius 1 is 0.840 bits per heavy atom. The summed E-state index contributed by atoms with van der Waals surface area (Å²) in [5.41, 5.74) is 3.05. The first-order valence-electron chi connectivity index (χ1n) is 7.99. The predicted molar refractivity (Wildman–Crippen MR) is 99.4 cm³/mol. The number of anilines is 1. The standard InChI is InChI=1S/C21H15N3O/c25-21(16-10-5-2-6-11-16)24-20-18(15-8-3-1-4-9-15)14-17-12-7-13-22-19(17)23-20/h1-14H,(H,22,23,24,25). The van der Waals surface area contributed by atoms with Crippen molar-refractivity contribution in [1.29, 1.82) is 0 Å². The fraction of sp³-hybridized carbons (Fsp3) is 0. The molecule has 2 aromatic heterocycles. The topological polar surface area (TPSA) is 54.9 Å². The number of fused-ring (bicyclic) bond motifs is 1. The maximum Gasteiger partial charge on any atom is 0.256 e. The lowest BCUT2D eigenvalue weighted by molar-refractivity contribution is 0.102. The van der Waals surface area contributed by atoms with E-state index in [-0.39, 0.29) is 5.91 Å². The normalized spacial score (nSPS) is 10.6. The van der Waals surface area contributed by atoms with Crippen molar-refractivity contribution < 1.29 is 4.79 Å². The van der Waals surface area contributed by atoms with Gasteiger partial charge in [0.25, 0.3) is 5.91 Å². The van der Waals surface area contributed by atoms with Gasteiger partial charge in [0.15, 0.2) is 5.65 Å². The third kappa shape index (κ3) is 3.10. The highest BCUT2D eigenvalue weighted by molar-refractivity contribution is 6.06. The molecule has 1 N–H and O–H groups in total. The summed E-state index contributed by atoms with van der Waals surface area (Å²) >= 11 is 0. The molecule has 4 heteroatoms. The molecule has 0 aliphatic carbocycles. The average Bonchev–Trinajstić information content (AvgIpc) is 2.69. The number of nitrogens with one attached hydrogen (secondary N) is 1. The fourth-order valence-corrected chi connectivity index (χ4v) is 2.71. The molecule has 0 aliphatic heterocycles. The van der Waals surface area contributed by atoms with E-state index in [4.69, 9.17) is 0 Å². The highest BCUT2D eigenvalue weighted by Gasteiger charge is 2.13. The molecule has 0 unspecified atom stereocenters. The van der Waals surface area contributed by atoms with Crippen molar-refractivity contribution in [3.63, 3.8) is 0 Å². The second-order valence-corrected chi connectivity index (χ2v) is 5.62. The molecule has 2 heterocycles. The van der Waals surface area contributed by atoms with Gasteiger partial charge in [0.2, 0.25) is 0 Å². The van der Waals surface area contributed by atoms with Crippen LogP contribution in [0.15, 0.2) is 85.1 Å². The van der Waals surface area contributed by atoms with E-state index in [0.717, 1.165) is 16.5 Å². The molecule has 4 nitrogen and oxygen atoms in total. The third-order valence-corrected chi connectivity index (χ3v) is 3.94. The van der Waals surface area contributed by atoms with Crippen molar-refractivity contribution >= 4 is 22.8 Å². The van der Waals surface area contributed by atoms with Gasteiger partial charge in [-0.2, -0.15) is 0 Å². The monoisotopic (exact) mass is 325 g/mol. The lowest BCUT2D eigenvalue weighted by Gasteiger charge is -2.12. The van der Waals surface area contributed by atoms with Crippen LogP contribution in [0.5, 0.6) is 0 Å². The molecular weight excluding hydrogens is 310 g/mol. The number of benzene rings is 2. The minimum atomic E-state index is -0.194. The van der Waals surface area contributed by atoms with Crippen LogP contribution in [0.3, 0.4) is 0 Å². The number of hydrogen-bond acceptors (Lipinski definition) is 3. The molecule has 0 saturated heterocycles. The molecule has 0 spiro atoms. The van der Waals surface area contributed by atoms with Crippen molar-refractivity contribution in [1.82, 2.24) is 9.97 Å². The third-order valence-electron chi connectivity index (χ3n) is 3.94. The SMILES string of the molecule is O=C(Nc1nc2ncccc2cc1-c1ccccc1)c1ccccc1. The van der Waals surface area contributed by atoms with Crippen LogP contribution >= 0.6 is 0 Å². The minimum absolute atomic E-state index is 0.194. The van der Waals surface area contributed by atoms with Crippen molar-refractivity contribution in [2.45, 2.75) is 0 Å². The van der Waals surface area contributed by atoms with E-state index in [1.54, 1.807) is 18.3 Å². The van der Waals surface area contributed by atoms with Gasteiger partial charge in [-0.1, -0.05) is 48.5 Å². The van der Waals surface area contributed by atoms with Gasteiger partial charge in [-0.25, -0.2) is 9.97 Å². The molecule has 0 radical (unpaired) electrons. The number of pyridine rings is 2. The first kappa shape index (κ1) is 15.0. The lowest BCUT2D eigenvalue weighted by Crippen LogP contribution is -2.14. The second-order valence-electron chi connectivity index (χ2n) is 5.62. The van der Waals surface area contributed by atoms with Crippen LogP contribution in [-0.4, -0.2) is 15.9 Å². The van der Waals surface area contributed by atoms with Gasteiger partial charge in [-0.05, 0) is 35.9 Å². The van der Waals surface area contributed by atoms with Gasteiger partial charge in [-0.15, -0.1) is 0 Å². The van der Waals surface area contributed by atoms with Gasteiger partial charge in [0, 0.05) is 22.7 Å². The molecule has 1 amide bonds. The summed E-state index contributed by atoms with van der Waals surface area (Å²) in [4.78, 5) is 21.4. The first-order chi connectivity index (χ1) is 12.3. The van der Waals surface area contributed by atoms with E-state index >= 15 is 0 Å². The van der Waals surface area contributed by atoms with E-state index in [0.29, 0.717) is 17.0 Å². The molecule has 0 aliphatic rings. The Hall–Kier alpha value is -3.53. The molecule has 2 aromatic carbocycles. The zero-order valence-electron chi connectivity index (χ0n) is 13.4. The number of amides is 1. The molecule has 120 valence electrons. The number of rotatable bonds is 3. The highest BCUT2D eigenvalue weighted by atomic mass is 16.1. The van der Waals surface area contributed by atoms with E-state index in [2.05, 4.69) is 15.3 Å². The van der Waals surface area contributed by atoms with Crippen molar-refractivity contribution in [2.24, 2.45) is 0 Å². The number of nitrogens with zero attached hydrogens (tertiary/aromatic N) is 2. The molecule has 0 atom stereocenters. The minimum Gasteiger partial charge on any atom is -0.306 e. The van der Waals surface area contributed by atoms with Crippen LogP contribution in [-0.2, 0) is 0 Å². The Kier molecular flexibility index (Phi) is 3.92. The molecule has 0 fully saturated rings. The second kappa shape index (κ2) is 6.53. The van der Waals surface area contributed by atoms with Crippen LogP contribution in [0, 0.1) is 0 Å². The van der Waals surface area contributed by atoms with Crippen LogP contribution in [0.2, 0.25) is 0 Å². The van der Waals surface area contributed by atoms with Crippen molar-refractivity contribution in [2.75, 3.05) is 5.32 Å². The highest BCUT2D eigenvalue weighted by Crippen LogP contribution is 2.29. The number of aromatic nitrogens is 2. The van der Waals surface area contributed by atoms with Gasteiger partial charge in [0.05, 0.1) is 0 Å². The van der Waals surface area contributed by atoms with Crippen molar-refractivity contribution in [3.8, 4) is 11.1 Å². The maximum atomic E-state index is 12.6. The van der Waals surface area contributed by atoms with Crippen LogP contribution in [0.25, 0.3) is 22.2 Å². The van der Waals surface area contributed by atoms with Gasteiger partial charge < -0.3 is 5.32 Å². The predicted octanol–water partition coefficient (Wildman–Crippen LogP) is 4.55. The van der Waals surface area contributed by atoms with E-state index < -0.39 is 0 Å². The number of carbonyl (C=O) groups excluding carboxylic acids is 1. The fourth-order valence-electron chi connectivity index (χ4n) is 2.71. The van der Waals surface area contributed by atoms with Crippen LogP contribution in [0.1, 0.15) is 10.4 Å². The Morgan fingerprint density at radius 2 is 1.56 bits per heavy atom. The Morgan fingerprint density at radius 3 is 2.32 bits per heavy atom. The lowest BCUT2D eigenvalue weighted by atomic mass is 10.0. The van der Waals surface area contributed by atoms with Gasteiger partial charge in [0.1, 0.15) is 5.82 Å². The zero-order chi connectivity index (χ0) is 17.1. The first-order valence-corrected chi connectivity index (χ1v) is 7.99. The Labute approximate surface area is 145 Å². The Balaban J connectivity index is 1.82. The summed E-state index contributed by atoms with van der Waals surface area (Å²) in [5.74, 6) is 0.312. The zero-order valence-corrected chi connectivity index (χ0v) is 13.4. The molecular formula is C21H15N3O. The quantitative estimate of drug-likeness (QED) is 0.601. The number of carbonyl (C=O) groups is 1. The molecule has 25 heavy (non-hydrogen) atoms. The summed E-state index contributed by atoms with van der Waals surface area (Å²) in [6, 6.07) is 24.8.